The molecule has 25 heavy (non-hydrogen) atoms. The van der Waals surface area contributed by atoms with E-state index in [1.807, 2.05) is 29.6 Å². The summed E-state index contributed by atoms with van der Waals surface area (Å²) >= 11 is 1.52. The molecule has 124 valence electrons. The van der Waals surface area contributed by atoms with Gasteiger partial charge in [-0.25, -0.2) is 5.01 Å². The van der Waals surface area contributed by atoms with Crippen LogP contribution in [0.3, 0.4) is 0 Å². The quantitative estimate of drug-likeness (QED) is 0.761. The maximum Gasteiger partial charge on any atom is 0.276 e. The van der Waals surface area contributed by atoms with E-state index in [1.54, 1.807) is 24.3 Å². The summed E-state index contributed by atoms with van der Waals surface area (Å²) in [5, 5.41) is 6.60. The lowest BCUT2D eigenvalue weighted by Gasteiger charge is -2.37. The number of fused-ring (bicyclic) bond motifs is 1. The molecule has 1 aliphatic heterocycles. The normalized spacial score (nSPS) is 16.1. The molecular formula is C18H14N4O2S. The van der Waals surface area contributed by atoms with E-state index in [2.05, 4.69) is 15.7 Å². The molecule has 2 amide bonds. The van der Waals surface area contributed by atoms with E-state index in [9.17, 15) is 9.59 Å². The molecule has 0 unspecified atom stereocenters. The van der Waals surface area contributed by atoms with Crippen molar-refractivity contribution in [2.75, 3.05) is 5.32 Å². The van der Waals surface area contributed by atoms with Crippen LogP contribution in [0.1, 0.15) is 31.8 Å². The molecule has 1 aliphatic rings. The second-order valence-electron chi connectivity index (χ2n) is 5.46. The molecule has 1 atom stereocenters. The molecule has 7 heteroatoms. The first kappa shape index (κ1) is 15.3. The van der Waals surface area contributed by atoms with Crippen molar-refractivity contribution in [2.45, 2.75) is 6.17 Å². The third-order valence-corrected chi connectivity index (χ3v) is 4.83. The molecule has 6 nitrogen and oxygen atoms in total. The molecule has 0 radical (unpaired) electrons. The molecule has 4 rings (SSSR count). The molecule has 3 heterocycles. The van der Waals surface area contributed by atoms with Gasteiger partial charge in [0.2, 0.25) is 0 Å². The van der Waals surface area contributed by atoms with Crippen LogP contribution >= 0.6 is 11.3 Å². The highest BCUT2D eigenvalue weighted by molar-refractivity contribution is 7.10. The molecule has 0 spiro atoms. The molecule has 2 N–H and O–H groups in total. The number of anilines is 1. The highest BCUT2D eigenvalue weighted by Gasteiger charge is 2.34. The first-order chi connectivity index (χ1) is 12.2. The Hall–Kier alpha value is -3.19. The van der Waals surface area contributed by atoms with Crippen molar-refractivity contribution in [1.29, 1.82) is 0 Å². The van der Waals surface area contributed by atoms with Crippen molar-refractivity contribution < 1.29 is 9.59 Å². The number of benzene rings is 1. The fraction of sp³-hybridized carbons (Fsp3) is 0.0556. The summed E-state index contributed by atoms with van der Waals surface area (Å²) in [6, 6.07) is 14.3. The lowest BCUT2D eigenvalue weighted by molar-refractivity contribution is 0.0494. The fourth-order valence-corrected chi connectivity index (χ4v) is 3.46. The Balaban J connectivity index is 1.70. The van der Waals surface area contributed by atoms with E-state index in [-0.39, 0.29) is 11.8 Å². The van der Waals surface area contributed by atoms with Gasteiger partial charge >= 0.3 is 0 Å². The summed E-state index contributed by atoms with van der Waals surface area (Å²) in [4.78, 5) is 30.3. The Labute approximate surface area is 148 Å². The summed E-state index contributed by atoms with van der Waals surface area (Å²) in [6.07, 6.45) is 2.61. The van der Waals surface area contributed by atoms with Gasteiger partial charge in [-0.1, -0.05) is 18.2 Å². The second-order valence-corrected chi connectivity index (χ2v) is 6.44. The van der Waals surface area contributed by atoms with Crippen LogP contribution < -0.4 is 10.7 Å². The number of hydrogen-bond acceptors (Lipinski definition) is 5. The SMILES string of the molecule is O=C(NN1C(=O)c2ccccc2N[C@H]1c1cccs1)c1ccncc1. The van der Waals surface area contributed by atoms with E-state index in [4.69, 9.17) is 0 Å². The summed E-state index contributed by atoms with van der Waals surface area (Å²) in [6.45, 7) is 0. The Morgan fingerprint density at radius 1 is 1.12 bits per heavy atom. The van der Waals surface area contributed by atoms with Crippen LogP contribution in [0, 0.1) is 0 Å². The van der Waals surface area contributed by atoms with E-state index in [0.29, 0.717) is 11.1 Å². The Bertz CT molecular complexity index is 912. The Morgan fingerprint density at radius 2 is 1.92 bits per heavy atom. The summed E-state index contributed by atoms with van der Waals surface area (Å²) in [5.41, 5.74) is 4.43. The van der Waals surface area contributed by atoms with Gasteiger partial charge in [0.25, 0.3) is 11.8 Å². The number of hydrogen-bond donors (Lipinski definition) is 2. The molecule has 0 bridgehead atoms. The largest absolute Gasteiger partial charge is 0.359 e. The smallest absolute Gasteiger partial charge is 0.276 e. The van der Waals surface area contributed by atoms with Crippen LogP contribution in [-0.4, -0.2) is 21.8 Å². The lowest BCUT2D eigenvalue weighted by Crippen LogP contribution is -2.52. The third-order valence-electron chi connectivity index (χ3n) is 3.90. The van der Waals surface area contributed by atoms with Crippen molar-refractivity contribution in [2.24, 2.45) is 0 Å². The second kappa shape index (κ2) is 6.37. The van der Waals surface area contributed by atoms with Gasteiger partial charge in [-0.3, -0.25) is 20.0 Å². The monoisotopic (exact) mass is 350 g/mol. The van der Waals surface area contributed by atoms with Crippen molar-refractivity contribution in [1.82, 2.24) is 15.4 Å². The predicted molar refractivity (Wildman–Crippen MR) is 95.0 cm³/mol. The molecule has 3 aromatic rings. The number of para-hydroxylation sites is 1. The zero-order chi connectivity index (χ0) is 17.2. The average Bonchev–Trinajstić information content (AvgIpc) is 3.19. The minimum atomic E-state index is -0.465. The number of thiophene rings is 1. The van der Waals surface area contributed by atoms with Crippen LogP contribution in [0.4, 0.5) is 5.69 Å². The van der Waals surface area contributed by atoms with Crippen molar-refractivity contribution in [3.63, 3.8) is 0 Å². The van der Waals surface area contributed by atoms with E-state index in [1.165, 1.54) is 28.7 Å². The van der Waals surface area contributed by atoms with Crippen LogP contribution in [0.5, 0.6) is 0 Å². The first-order valence-corrected chi connectivity index (χ1v) is 8.55. The minimum Gasteiger partial charge on any atom is -0.359 e. The number of pyridine rings is 1. The third kappa shape index (κ3) is 2.85. The lowest BCUT2D eigenvalue weighted by atomic mass is 10.1. The fourth-order valence-electron chi connectivity index (χ4n) is 2.69. The number of amides is 2. The number of nitrogens with one attached hydrogen (secondary N) is 2. The van der Waals surface area contributed by atoms with Crippen molar-refractivity contribution in [3.05, 3.63) is 82.3 Å². The molecule has 0 saturated heterocycles. The van der Waals surface area contributed by atoms with Gasteiger partial charge in [0.05, 0.1) is 5.56 Å². The van der Waals surface area contributed by atoms with Gasteiger partial charge in [-0.2, -0.15) is 0 Å². The highest BCUT2D eigenvalue weighted by Crippen LogP contribution is 2.33. The van der Waals surface area contributed by atoms with Gasteiger partial charge in [-0.05, 0) is 35.7 Å². The van der Waals surface area contributed by atoms with Gasteiger partial charge in [0.1, 0.15) is 0 Å². The molecule has 1 aromatic carbocycles. The average molecular weight is 350 g/mol. The van der Waals surface area contributed by atoms with E-state index >= 15 is 0 Å². The van der Waals surface area contributed by atoms with Crippen LogP contribution in [0.15, 0.2) is 66.3 Å². The standard InChI is InChI=1S/C18H14N4O2S/c23-17(12-7-9-19-10-8-12)21-22-16(15-6-3-11-25-15)20-14-5-2-1-4-13(14)18(22)24/h1-11,16,20H,(H,21,23)/t16-/m1/s1. The first-order valence-electron chi connectivity index (χ1n) is 7.67. The maximum atomic E-state index is 13.0. The summed E-state index contributed by atoms with van der Waals surface area (Å²) in [5.74, 6) is -0.617. The van der Waals surface area contributed by atoms with Gasteiger partial charge in [0.15, 0.2) is 6.17 Å². The van der Waals surface area contributed by atoms with E-state index < -0.39 is 6.17 Å². The van der Waals surface area contributed by atoms with Crippen LogP contribution in [0.25, 0.3) is 0 Å². The summed E-state index contributed by atoms with van der Waals surface area (Å²) < 4.78 is 0. The molecule has 2 aromatic heterocycles. The number of carbonyl (C=O) groups is 2. The van der Waals surface area contributed by atoms with Gasteiger partial charge in [-0.15, -0.1) is 11.3 Å². The van der Waals surface area contributed by atoms with Gasteiger partial charge in [0, 0.05) is 28.5 Å². The van der Waals surface area contributed by atoms with E-state index in [0.717, 1.165) is 10.6 Å². The summed E-state index contributed by atoms with van der Waals surface area (Å²) in [7, 11) is 0. The highest BCUT2D eigenvalue weighted by atomic mass is 32.1. The molecule has 0 saturated carbocycles. The number of carbonyl (C=O) groups excluding carboxylic acids is 2. The van der Waals surface area contributed by atoms with Crippen LogP contribution in [0.2, 0.25) is 0 Å². The number of rotatable bonds is 3. The number of hydrazine groups is 1. The van der Waals surface area contributed by atoms with Crippen LogP contribution in [-0.2, 0) is 0 Å². The molecule has 0 fully saturated rings. The number of nitrogens with zero attached hydrogens (tertiary/aromatic N) is 2. The predicted octanol–water partition coefficient (Wildman–Crippen LogP) is 3.05. The zero-order valence-electron chi connectivity index (χ0n) is 13.0. The maximum absolute atomic E-state index is 13.0. The van der Waals surface area contributed by atoms with Crippen molar-refractivity contribution in [3.8, 4) is 0 Å². The van der Waals surface area contributed by atoms with Gasteiger partial charge < -0.3 is 5.32 Å². The molecular weight excluding hydrogens is 336 g/mol. The Kier molecular flexibility index (Phi) is 3.91. The number of aromatic nitrogens is 1. The zero-order valence-corrected chi connectivity index (χ0v) is 13.9. The Morgan fingerprint density at radius 3 is 2.68 bits per heavy atom. The minimum absolute atomic E-state index is 0.254. The topological polar surface area (TPSA) is 74.3 Å². The molecule has 0 aliphatic carbocycles. The van der Waals surface area contributed by atoms with Crippen molar-refractivity contribution >= 4 is 28.8 Å².